The van der Waals surface area contributed by atoms with Crippen LogP contribution in [0.4, 0.5) is 0 Å². The molecule has 0 rings (SSSR count). The van der Waals surface area contributed by atoms with Crippen molar-refractivity contribution in [2.24, 2.45) is 0 Å². The van der Waals surface area contributed by atoms with Gasteiger partial charge in [0, 0.05) is 12.8 Å². The smallest absolute Gasteiger partial charge is 0.462 e. The highest BCUT2D eigenvalue weighted by Crippen LogP contribution is 2.43. The third-order valence-corrected chi connectivity index (χ3v) is 10.4. The van der Waals surface area contributed by atoms with Crippen LogP contribution in [-0.2, 0) is 41.8 Å². The van der Waals surface area contributed by atoms with Crippen LogP contribution >= 0.6 is 15.6 Å². The van der Waals surface area contributed by atoms with E-state index in [1.807, 2.05) is 0 Å². The Labute approximate surface area is 320 Å². The van der Waals surface area contributed by atoms with Gasteiger partial charge in [-0.25, -0.2) is 9.13 Å². The molecule has 13 nitrogen and oxygen atoms in total. The second-order valence-corrected chi connectivity index (χ2v) is 17.0. The molecule has 0 spiro atoms. The minimum atomic E-state index is -4.85. The third-order valence-electron chi connectivity index (χ3n) is 8.99. The van der Waals surface area contributed by atoms with E-state index >= 15 is 0 Å². The second-order valence-electron chi connectivity index (χ2n) is 14.3. The zero-order valence-electron chi connectivity index (χ0n) is 33.1. The number of unbranched alkanes of at least 4 members (excludes halogenated alkanes) is 24. The average molecular weight is 803 g/mol. The number of esters is 2. The zero-order chi connectivity index (χ0) is 39.5. The number of carbonyl (C=O) groups is 2. The van der Waals surface area contributed by atoms with E-state index in [0.717, 1.165) is 38.5 Å². The predicted octanol–water partition coefficient (Wildman–Crippen LogP) is 10.0. The van der Waals surface area contributed by atoms with Crippen LogP contribution in [0.2, 0.25) is 0 Å². The van der Waals surface area contributed by atoms with Crippen molar-refractivity contribution in [3.63, 3.8) is 0 Å². The van der Waals surface area contributed by atoms with Gasteiger partial charge in [-0.3, -0.25) is 23.2 Å². The van der Waals surface area contributed by atoms with Crippen LogP contribution in [0, 0.1) is 0 Å². The summed E-state index contributed by atoms with van der Waals surface area (Å²) in [5.74, 6) is -1.02. The van der Waals surface area contributed by atoms with Crippen LogP contribution in [0.15, 0.2) is 0 Å². The minimum Gasteiger partial charge on any atom is -0.462 e. The summed E-state index contributed by atoms with van der Waals surface area (Å²) in [5.41, 5.74) is 0. The molecule has 0 saturated carbocycles. The van der Waals surface area contributed by atoms with Gasteiger partial charge < -0.3 is 29.3 Å². The Balaban J connectivity index is 4.51. The molecule has 0 amide bonds. The van der Waals surface area contributed by atoms with Crippen molar-refractivity contribution in [1.82, 2.24) is 0 Å². The molecule has 53 heavy (non-hydrogen) atoms. The second kappa shape index (κ2) is 35.5. The van der Waals surface area contributed by atoms with Crippen molar-refractivity contribution in [2.75, 3.05) is 26.4 Å². The molecule has 0 bridgehead atoms. The highest BCUT2D eigenvalue weighted by Gasteiger charge is 2.28. The number of aliphatic hydroxyl groups excluding tert-OH is 1. The van der Waals surface area contributed by atoms with Gasteiger partial charge in [0.05, 0.1) is 19.8 Å². The lowest BCUT2D eigenvalue weighted by Gasteiger charge is -2.20. The van der Waals surface area contributed by atoms with Gasteiger partial charge in [-0.15, -0.1) is 0 Å². The third kappa shape index (κ3) is 39.2. The van der Waals surface area contributed by atoms with Crippen LogP contribution < -0.4 is 0 Å². The van der Waals surface area contributed by atoms with Crippen molar-refractivity contribution < 1.29 is 61.6 Å². The first-order valence-electron chi connectivity index (χ1n) is 20.7. The highest BCUT2D eigenvalue weighted by molar-refractivity contribution is 7.47. The number of phosphoric acid groups is 2. The fourth-order valence-corrected chi connectivity index (χ4v) is 6.98. The predicted molar refractivity (Wildman–Crippen MR) is 207 cm³/mol. The Kier molecular flexibility index (Phi) is 34.9. The maximum atomic E-state index is 12.6. The first kappa shape index (κ1) is 52.1. The Bertz CT molecular complexity index is 962. The molecule has 0 radical (unpaired) electrons. The molecule has 0 aliphatic rings. The Morgan fingerprint density at radius 1 is 0.472 bits per heavy atom. The lowest BCUT2D eigenvalue weighted by atomic mass is 10.0. The van der Waals surface area contributed by atoms with E-state index in [9.17, 15) is 28.7 Å². The van der Waals surface area contributed by atoms with Gasteiger partial charge in [-0.2, -0.15) is 0 Å². The van der Waals surface area contributed by atoms with Crippen molar-refractivity contribution in [3.8, 4) is 0 Å². The van der Waals surface area contributed by atoms with E-state index < -0.39 is 59.6 Å². The molecule has 316 valence electrons. The number of rotatable bonds is 40. The van der Waals surface area contributed by atoms with E-state index in [4.69, 9.17) is 23.8 Å². The number of ether oxygens (including phenoxy) is 2. The van der Waals surface area contributed by atoms with Gasteiger partial charge in [-0.1, -0.05) is 168 Å². The number of hydrogen-bond acceptors (Lipinski definition) is 10. The van der Waals surface area contributed by atoms with Crippen LogP contribution in [0.25, 0.3) is 0 Å². The molecule has 4 N–H and O–H groups in total. The molecule has 0 aromatic rings. The largest absolute Gasteiger partial charge is 0.472 e. The van der Waals surface area contributed by atoms with E-state index in [2.05, 4.69) is 22.9 Å². The molecule has 0 saturated heterocycles. The molecule has 15 heteroatoms. The van der Waals surface area contributed by atoms with Crippen LogP contribution in [-0.4, -0.2) is 70.4 Å². The van der Waals surface area contributed by atoms with E-state index in [0.29, 0.717) is 12.8 Å². The van der Waals surface area contributed by atoms with E-state index in [-0.39, 0.29) is 19.4 Å². The number of carbonyl (C=O) groups excluding carboxylic acids is 2. The Hall–Kier alpha value is -0.880. The molecule has 3 atom stereocenters. The molecular weight excluding hydrogens is 726 g/mol. The summed E-state index contributed by atoms with van der Waals surface area (Å²) in [4.78, 5) is 52.5. The average Bonchev–Trinajstić information content (AvgIpc) is 3.11. The minimum absolute atomic E-state index is 0.139. The normalized spacial score (nSPS) is 14.2. The highest BCUT2D eigenvalue weighted by atomic mass is 31.2. The number of hydrogen-bond donors (Lipinski definition) is 4. The Morgan fingerprint density at radius 2 is 0.811 bits per heavy atom. The van der Waals surface area contributed by atoms with Gasteiger partial charge in [0.2, 0.25) is 0 Å². The maximum absolute atomic E-state index is 12.6. The number of phosphoric ester groups is 2. The van der Waals surface area contributed by atoms with Gasteiger partial charge in [-0.05, 0) is 12.8 Å². The molecule has 0 aliphatic carbocycles. The standard InChI is InChI=1S/C38H76O13P2/c1-3-5-7-9-11-13-15-17-19-21-23-25-27-29-37(40)47-33-36(34-50-53(45,46)49-32-35(39)31-48-52(42,43)44)51-38(41)30-28-26-24-22-20-18-16-14-12-10-8-6-4-2/h35-36,39H,3-34H2,1-2H3,(H,45,46)(H2,42,43,44). The summed E-state index contributed by atoms with van der Waals surface area (Å²) in [6.45, 7) is 1.78. The van der Waals surface area contributed by atoms with Gasteiger partial charge >= 0.3 is 27.6 Å². The molecule has 0 aliphatic heterocycles. The molecule has 0 heterocycles. The van der Waals surface area contributed by atoms with Gasteiger partial charge in [0.15, 0.2) is 6.10 Å². The van der Waals surface area contributed by atoms with Crippen LogP contribution in [0.3, 0.4) is 0 Å². The molecule has 0 aromatic carbocycles. The van der Waals surface area contributed by atoms with E-state index in [1.165, 1.54) is 116 Å². The molecule has 3 unspecified atom stereocenters. The van der Waals surface area contributed by atoms with Gasteiger partial charge in [0.1, 0.15) is 12.7 Å². The van der Waals surface area contributed by atoms with Crippen molar-refractivity contribution >= 4 is 27.6 Å². The summed E-state index contributed by atoms with van der Waals surface area (Å²) in [7, 11) is -9.64. The van der Waals surface area contributed by atoms with Crippen molar-refractivity contribution in [3.05, 3.63) is 0 Å². The maximum Gasteiger partial charge on any atom is 0.472 e. The lowest BCUT2D eigenvalue weighted by Crippen LogP contribution is -2.30. The first-order chi connectivity index (χ1) is 25.4. The molecular formula is C38H76O13P2. The fraction of sp³-hybridized carbons (Fsp3) is 0.947. The monoisotopic (exact) mass is 802 g/mol. The van der Waals surface area contributed by atoms with Gasteiger partial charge in [0.25, 0.3) is 0 Å². The fourth-order valence-electron chi connectivity index (χ4n) is 5.82. The number of aliphatic hydroxyl groups is 1. The summed E-state index contributed by atoms with van der Waals surface area (Å²) in [5, 5.41) is 9.72. The SMILES string of the molecule is CCCCCCCCCCCCCCCC(=O)OCC(COP(=O)(O)OCC(O)COP(=O)(O)O)OC(=O)CCCCCCCCCCCCCCC. The van der Waals surface area contributed by atoms with Crippen LogP contribution in [0.1, 0.15) is 194 Å². The van der Waals surface area contributed by atoms with Crippen LogP contribution in [0.5, 0.6) is 0 Å². The summed E-state index contributed by atoms with van der Waals surface area (Å²) in [6.07, 6.45) is 28.1. The lowest BCUT2D eigenvalue weighted by molar-refractivity contribution is -0.161. The summed E-state index contributed by atoms with van der Waals surface area (Å²) < 4.78 is 47.7. The zero-order valence-corrected chi connectivity index (χ0v) is 34.9. The summed E-state index contributed by atoms with van der Waals surface area (Å²) in [6, 6.07) is 0. The van der Waals surface area contributed by atoms with Crippen molar-refractivity contribution in [2.45, 2.75) is 206 Å². The molecule has 0 fully saturated rings. The van der Waals surface area contributed by atoms with Crippen molar-refractivity contribution in [1.29, 1.82) is 0 Å². The topological polar surface area (TPSA) is 195 Å². The quantitative estimate of drug-likeness (QED) is 0.0260. The summed E-state index contributed by atoms with van der Waals surface area (Å²) >= 11 is 0. The molecule has 0 aromatic heterocycles. The van der Waals surface area contributed by atoms with E-state index in [1.54, 1.807) is 0 Å². The Morgan fingerprint density at radius 3 is 1.21 bits per heavy atom. The first-order valence-corrected chi connectivity index (χ1v) is 23.8.